The first-order chi connectivity index (χ1) is 4.41. The third-order valence-electron chi connectivity index (χ3n) is 0.707. The maximum atomic E-state index is 3.25. The zero-order valence-electron chi connectivity index (χ0n) is 8.24. The molecule has 58 valence electrons. The first kappa shape index (κ1) is 22.5. The van der Waals surface area contributed by atoms with Crippen LogP contribution < -0.4 is 0 Å². The maximum Gasteiger partial charge on any atom is 2.00 e. The van der Waals surface area contributed by atoms with E-state index in [2.05, 4.69) is 27.7 Å². The van der Waals surface area contributed by atoms with Crippen molar-refractivity contribution in [1.29, 1.82) is 0 Å². The first-order valence-corrected chi connectivity index (χ1v) is 5.83. The molecule has 0 unspecified atom stereocenters. The van der Waals surface area contributed by atoms with E-state index in [4.69, 9.17) is 0 Å². The van der Waals surface area contributed by atoms with Gasteiger partial charge in [0, 0.05) is 0 Å². The van der Waals surface area contributed by atoms with Crippen LogP contribution in [0.1, 0.15) is 27.7 Å². The molecule has 0 N–H and O–H groups in total. The van der Waals surface area contributed by atoms with Gasteiger partial charge in [-0.25, -0.2) is 0 Å². The monoisotopic (exact) mass is 168 g/mol. The van der Waals surface area contributed by atoms with E-state index in [1.807, 2.05) is 0 Å². The molecule has 0 rings (SSSR count). The van der Waals surface area contributed by atoms with E-state index in [0.29, 0.717) is 15.2 Å². The SMILES string of the molecule is C[CH2][AlH][CH2]C.[CH2-]C.[CH2-]C.[Mg+2]. The Hall–Kier alpha value is 1.30. The van der Waals surface area contributed by atoms with Crippen LogP contribution in [-0.2, 0) is 0 Å². The zero-order chi connectivity index (χ0) is 8.12. The van der Waals surface area contributed by atoms with Gasteiger partial charge in [-0.15, -0.1) is 10.6 Å². The van der Waals surface area contributed by atoms with Crippen LogP contribution in [0.15, 0.2) is 0 Å². The van der Waals surface area contributed by atoms with Crippen LogP contribution in [0.25, 0.3) is 0 Å². The van der Waals surface area contributed by atoms with Crippen LogP contribution in [0, 0.1) is 13.8 Å². The van der Waals surface area contributed by atoms with Crippen molar-refractivity contribution < 1.29 is 0 Å². The van der Waals surface area contributed by atoms with Crippen LogP contribution in [-0.4, -0.2) is 38.3 Å². The standard InChI is InChI=1S/4C2H5.Al.Mg.H/c4*1-2;;;/h4*1H2,2H3;;;/q;;2*-1;;+2;. The van der Waals surface area contributed by atoms with E-state index in [0.717, 1.165) is 0 Å². The van der Waals surface area contributed by atoms with Crippen LogP contribution in [0.3, 0.4) is 0 Å². The van der Waals surface area contributed by atoms with Crippen LogP contribution in [0.5, 0.6) is 0 Å². The Labute approximate surface area is 90.0 Å². The number of hydrogen-bond acceptors (Lipinski definition) is 0. The Bertz CT molecular complexity index is 16.7. The Morgan fingerprint density at radius 1 is 0.900 bits per heavy atom. The van der Waals surface area contributed by atoms with Crippen molar-refractivity contribution in [2.45, 2.75) is 38.3 Å². The van der Waals surface area contributed by atoms with Gasteiger partial charge in [-0.1, -0.05) is 13.8 Å². The second kappa shape index (κ2) is 48.2. The molecule has 0 aliphatic heterocycles. The molecule has 0 atom stereocenters. The zero-order valence-corrected chi connectivity index (χ0v) is 11.1. The van der Waals surface area contributed by atoms with E-state index in [1.165, 1.54) is 10.6 Å². The summed E-state index contributed by atoms with van der Waals surface area (Å²) in [7, 11) is 0. The van der Waals surface area contributed by atoms with Crippen LogP contribution in [0.4, 0.5) is 0 Å². The summed E-state index contributed by atoms with van der Waals surface area (Å²) in [5, 5.41) is 2.97. The van der Waals surface area contributed by atoms with Crippen molar-refractivity contribution >= 4 is 38.3 Å². The molecule has 0 aliphatic rings. The Morgan fingerprint density at radius 3 is 1.10 bits per heavy atom. The van der Waals surface area contributed by atoms with Gasteiger partial charge in [0.05, 0.1) is 0 Å². The molecular formula is C8H21AlMg. The summed E-state index contributed by atoms with van der Waals surface area (Å²) >= 11 is 0.432. The summed E-state index contributed by atoms with van der Waals surface area (Å²) < 4.78 is 0. The topological polar surface area (TPSA) is 0 Å². The van der Waals surface area contributed by atoms with Gasteiger partial charge in [0.15, 0.2) is 0 Å². The molecule has 0 radical (unpaired) electrons. The molecule has 0 aromatic rings. The second-order valence-corrected chi connectivity index (χ2v) is 4.06. The van der Waals surface area contributed by atoms with Gasteiger partial charge in [-0.05, 0) is 0 Å². The predicted octanol–water partition coefficient (Wildman–Crippen LogP) is 2.60. The molecule has 0 aromatic heterocycles. The number of hydrogen-bond donors (Lipinski definition) is 0. The van der Waals surface area contributed by atoms with E-state index in [1.54, 1.807) is 13.8 Å². The predicted molar refractivity (Wildman–Crippen MR) is 55.9 cm³/mol. The van der Waals surface area contributed by atoms with Gasteiger partial charge >= 0.3 is 23.1 Å². The van der Waals surface area contributed by atoms with Gasteiger partial charge in [0.25, 0.3) is 0 Å². The van der Waals surface area contributed by atoms with Crippen molar-refractivity contribution in [2.24, 2.45) is 0 Å². The van der Waals surface area contributed by atoms with Crippen LogP contribution >= 0.6 is 0 Å². The summed E-state index contributed by atoms with van der Waals surface area (Å²) in [4.78, 5) is 0. The third-order valence-corrected chi connectivity index (χ3v) is 2.12. The molecule has 0 amide bonds. The second-order valence-electron chi connectivity index (χ2n) is 1.35. The fourth-order valence-corrected chi connectivity index (χ4v) is 1.06. The van der Waals surface area contributed by atoms with Crippen molar-refractivity contribution in [3.05, 3.63) is 13.8 Å². The van der Waals surface area contributed by atoms with E-state index in [-0.39, 0.29) is 23.1 Å². The Morgan fingerprint density at radius 2 is 1.10 bits per heavy atom. The molecule has 2 heteroatoms. The molecule has 0 fully saturated rings. The minimum Gasteiger partial charge on any atom is -0.346 e. The average molecular weight is 169 g/mol. The molecule has 0 nitrogen and oxygen atoms in total. The molecular weight excluding hydrogens is 147 g/mol. The van der Waals surface area contributed by atoms with Crippen molar-refractivity contribution in [3.63, 3.8) is 0 Å². The van der Waals surface area contributed by atoms with Gasteiger partial charge < -0.3 is 13.8 Å². The molecule has 0 aliphatic carbocycles. The Kier molecular flexibility index (Phi) is 108. The molecule has 0 heterocycles. The molecule has 0 saturated heterocycles. The van der Waals surface area contributed by atoms with E-state index in [9.17, 15) is 0 Å². The molecule has 0 saturated carbocycles. The summed E-state index contributed by atoms with van der Waals surface area (Å²) in [5.41, 5.74) is 0. The van der Waals surface area contributed by atoms with Crippen molar-refractivity contribution in [2.75, 3.05) is 0 Å². The smallest absolute Gasteiger partial charge is 0.346 e. The largest absolute Gasteiger partial charge is 2.00 e. The van der Waals surface area contributed by atoms with Gasteiger partial charge in [0.2, 0.25) is 15.2 Å². The summed E-state index contributed by atoms with van der Waals surface area (Å²) in [6.45, 7) is 14.5. The maximum absolute atomic E-state index is 3.25. The fourth-order valence-electron chi connectivity index (χ4n) is 0.354. The van der Waals surface area contributed by atoms with Crippen LogP contribution in [0.2, 0.25) is 10.6 Å². The summed E-state index contributed by atoms with van der Waals surface area (Å²) in [6, 6.07) is 0. The van der Waals surface area contributed by atoms with Crippen molar-refractivity contribution in [3.8, 4) is 0 Å². The quantitative estimate of drug-likeness (QED) is 0.439. The molecule has 0 spiro atoms. The normalized spacial score (nSPS) is 5.00. The molecule has 0 aromatic carbocycles. The number of rotatable bonds is 2. The molecule has 0 bridgehead atoms. The average Bonchev–Trinajstić information content (AvgIpc) is 1.98. The first-order valence-electron chi connectivity index (χ1n) is 3.83. The molecule has 10 heavy (non-hydrogen) atoms. The summed E-state index contributed by atoms with van der Waals surface area (Å²) in [6.07, 6.45) is 0. The Balaban J connectivity index is -0.0000000315. The van der Waals surface area contributed by atoms with Gasteiger partial charge in [0.1, 0.15) is 0 Å². The summed E-state index contributed by atoms with van der Waals surface area (Å²) in [5.74, 6) is 0. The van der Waals surface area contributed by atoms with E-state index >= 15 is 0 Å². The minimum absolute atomic E-state index is 0. The minimum atomic E-state index is 0. The third kappa shape index (κ3) is 58.9. The van der Waals surface area contributed by atoms with Crippen molar-refractivity contribution in [1.82, 2.24) is 0 Å². The fraction of sp³-hybridized carbons (Fsp3) is 0.750. The van der Waals surface area contributed by atoms with Gasteiger partial charge in [-0.3, -0.25) is 0 Å². The van der Waals surface area contributed by atoms with Gasteiger partial charge in [-0.2, -0.15) is 13.8 Å². The van der Waals surface area contributed by atoms with E-state index < -0.39 is 0 Å².